The first-order chi connectivity index (χ1) is 6.16. The van der Waals surface area contributed by atoms with E-state index in [1.54, 1.807) is 0 Å². The van der Waals surface area contributed by atoms with Crippen LogP contribution in [-0.2, 0) is 6.42 Å². The summed E-state index contributed by atoms with van der Waals surface area (Å²) >= 11 is 0. The topological polar surface area (TPSA) is 63.3 Å². The van der Waals surface area contributed by atoms with Gasteiger partial charge in [-0.1, -0.05) is 43.7 Å². The highest BCUT2D eigenvalue weighted by Gasteiger charge is 1.84. The summed E-state index contributed by atoms with van der Waals surface area (Å²) < 4.78 is 0. The zero-order valence-corrected chi connectivity index (χ0v) is 7.73. The maximum atomic E-state index is 8.78. The third-order valence-corrected chi connectivity index (χ3v) is 1.38. The molecule has 1 aromatic rings. The van der Waals surface area contributed by atoms with E-state index in [0.29, 0.717) is 0 Å². The zero-order valence-electron chi connectivity index (χ0n) is 7.73. The maximum absolute atomic E-state index is 8.78. The molecule has 1 amide bonds. The van der Waals surface area contributed by atoms with Crippen LogP contribution in [0.25, 0.3) is 0 Å². The van der Waals surface area contributed by atoms with Gasteiger partial charge in [-0.15, -0.1) is 0 Å². The van der Waals surface area contributed by atoms with E-state index in [9.17, 15) is 0 Å². The average Bonchev–Trinajstić information content (AvgIpc) is 2.06. The number of nitrogens with two attached hydrogens (primary N) is 1. The van der Waals surface area contributed by atoms with Crippen LogP contribution < -0.4 is 5.73 Å². The molecule has 0 aliphatic heterocycles. The van der Waals surface area contributed by atoms with Gasteiger partial charge in [-0.2, -0.15) is 0 Å². The van der Waals surface area contributed by atoms with Gasteiger partial charge >= 0.3 is 6.09 Å². The van der Waals surface area contributed by atoms with Crippen LogP contribution in [0.5, 0.6) is 0 Å². The molecule has 3 nitrogen and oxygen atoms in total. The van der Waals surface area contributed by atoms with Gasteiger partial charge in [0, 0.05) is 0 Å². The third-order valence-electron chi connectivity index (χ3n) is 1.38. The second-order valence-electron chi connectivity index (χ2n) is 2.57. The molecule has 0 radical (unpaired) electrons. The smallest absolute Gasteiger partial charge is 0.402 e. The van der Waals surface area contributed by atoms with Crippen molar-refractivity contribution in [3.05, 3.63) is 35.9 Å². The molecule has 0 aliphatic carbocycles. The summed E-state index contributed by atoms with van der Waals surface area (Å²) in [6.45, 7) is 2.20. The lowest BCUT2D eigenvalue weighted by Gasteiger charge is -1.93. The van der Waals surface area contributed by atoms with E-state index in [0.717, 1.165) is 0 Å². The van der Waals surface area contributed by atoms with Gasteiger partial charge in [0.1, 0.15) is 0 Å². The molecule has 0 atom stereocenters. The van der Waals surface area contributed by atoms with Gasteiger partial charge in [0.25, 0.3) is 0 Å². The van der Waals surface area contributed by atoms with Crippen molar-refractivity contribution >= 4 is 6.09 Å². The predicted molar refractivity (Wildman–Crippen MR) is 52.6 cm³/mol. The highest BCUT2D eigenvalue weighted by molar-refractivity contribution is 5.61. The molecule has 0 bridgehead atoms. The predicted octanol–water partition coefficient (Wildman–Crippen LogP) is 2.26. The summed E-state index contributed by atoms with van der Waals surface area (Å²) in [6, 6.07) is 10.6. The van der Waals surface area contributed by atoms with Crippen molar-refractivity contribution in [2.45, 2.75) is 19.8 Å². The lowest BCUT2D eigenvalue weighted by molar-refractivity contribution is 0.205. The van der Waals surface area contributed by atoms with Gasteiger partial charge in [0.05, 0.1) is 0 Å². The second-order valence-corrected chi connectivity index (χ2v) is 2.57. The molecule has 0 fully saturated rings. The monoisotopic (exact) mass is 181 g/mol. The number of primary amides is 1. The van der Waals surface area contributed by atoms with Crippen LogP contribution in [0.3, 0.4) is 0 Å². The Labute approximate surface area is 78.2 Å². The Hall–Kier alpha value is -1.51. The quantitative estimate of drug-likeness (QED) is 0.735. The Kier molecular flexibility index (Phi) is 6.32. The van der Waals surface area contributed by atoms with Crippen LogP contribution in [0.4, 0.5) is 4.79 Å². The van der Waals surface area contributed by atoms with Gasteiger partial charge in [-0.25, -0.2) is 4.79 Å². The Balaban J connectivity index is 0.000000310. The van der Waals surface area contributed by atoms with Crippen molar-refractivity contribution < 1.29 is 9.90 Å². The molecule has 0 spiro atoms. The summed E-state index contributed by atoms with van der Waals surface area (Å²) in [5.41, 5.74) is 5.47. The minimum Gasteiger partial charge on any atom is -0.465 e. The number of aryl methyl sites for hydroxylation is 1. The van der Waals surface area contributed by atoms with E-state index < -0.39 is 6.09 Å². The fourth-order valence-electron chi connectivity index (χ4n) is 0.933. The maximum Gasteiger partial charge on any atom is 0.402 e. The summed E-state index contributed by atoms with van der Waals surface area (Å²) in [6.07, 6.45) is 1.12. The number of hydrogen-bond donors (Lipinski definition) is 2. The average molecular weight is 181 g/mol. The van der Waals surface area contributed by atoms with Crippen LogP contribution in [0, 0.1) is 0 Å². The molecule has 13 heavy (non-hydrogen) atoms. The summed E-state index contributed by atoms with van der Waals surface area (Å²) in [4.78, 5) is 8.78. The first kappa shape index (κ1) is 11.5. The van der Waals surface area contributed by atoms with Crippen LogP contribution in [-0.4, -0.2) is 11.2 Å². The number of amides is 1. The summed E-state index contributed by atoms with van der Waals surface area (Å²) in [5, 5.41) is 7.19. The molecule has 0 aromatic heterocycles. The molecular formula is C10H15NO2. The van der Waals surface area contributed by atoms with E-state index in [1.165, 1.54) is 18.4 Å². The summed E-state index contributed by atoms with van der Waals surface area (Å²) in [7, 11) is 0. The highest BCUT2D eigenvalue weighted by Crippen LogP contribution is 2.00. The molecule has 0 aliphatic rings. The lowest BCUT2D eigenvalue weighted by atomic mass is 10.1. The standard InChI is InChI=1S/C9H12.CH3NO2/c1-2-6-9-7-4-3-5-8-9;2-1(3)4/h3-5,7-8H,2,6H2,1H3;2H2,(H,3,4). The molecule has 1 aromatic carbocycles. The van der Waals surface area contributed by atoms with Crippen LogP contribution >= 0.6 is 0 Å². The zero-order chi connectivity index (χ0) is 10.1. The molecule has 0 saturated carbocycles. The van der Waals surface area contributed by atoms with Crippen molar-refractivity contribution in [2.24, 2.45) is 5.73 Å². The molecule has 72 valence electrons. The largest absolute Gasteiger partial charge is 0.465 e. The lowest BCUT2D eigenvalue weighted by Crippen LogP contribution is -2.03. The molecular weight excluding hydrogens is 166 g/mol. The Morgan fingerprint density at radius 2 is 1.85 bits per heavy atom. The van der Waals surface area contributed by atoms with E-state index in [4.69, 9.17) is 9.90 Å². The van der Waals surface area contributed by atoms with Crippen LogP contribution in [0.1, 0.15) is 18.9 Å². The van der Waals surface area contributed by atoms with E-state index in [-0.39, 0.29) is 0 Å². The first-order valence-electron chi connectivity index (χ1n) is 4.19. The van der Waals surface area contributed by atoms with Crippen molar-refractivity contribution in [3.63, 3.8) is 0 Å². The summed E-state index contributed by atoms with van der Waals surface area (Å²) in [5.74, 6) is 0. The van der Waals surface area contributed by atoms with Gasteiger partial charge in [-0.3, -0.25) is 0 Å². The minimum absolute atomic E-state index is 1.21. The number of benzene rings is 1. The Morgan fingerprint density at radius 1 is 1.38 bits per heavy atom. The van der Waals surface area contributed by atoms with Gasteiger partial charge < -0.3 is 10.8 Å². The van der Waals surface area contributed by atoms with Crippen molar-refractivity contribution in [2.75, 3.05) is 0 Å². The van der Waals surface area contributed by atoms with Crippen molar-refractivity contribution in [1.29, 1.82) is 0 Å². The Bertz CT molecular complexity index is 230. The van der Waals surface area contributed by atoms with Crippen LogP contribution in [0.2, 0.25) is 0 Å². The number of hydrogen-bond acceptors (Lipinski definition) is 1. The van der Waals surface area contributed by atoms with E-state index in [2.05, 4.69) is 43.0 Å². The Morgan fingerprint density at radius 3 is 2.23 bits per heavy atom. The minimum atomic E-state index is -1.33. The van der Waals surface area contributed by atoms with E-state index in [1.807, 2.05) is 0 Å². The molecule has 0 unspecified atom stereocenters. The SMILES string of the molecule is CCCc1ccccc1.NC(=O)O. The fourth-order valence-corrected chi connectivity index (χ4v) is 0.933. The molecule has 0 heterocycles. The third kappa shape index (κ3) is 8.40. The highest BCUT2D eigenvalue weighted by atomic mass is 16.4. The molecule has 3 heteroatoms. The van der Waals surface area contributed by atoms with Gasteiger partial charge in [0.15, 0.2) is 0 Å². The van der Waals surface area contributed by atoms with Crippen molar-refractivity contribution in [1.82, 2.24) is 0 Å². The van der Waals surface area contributed by atoms with Gasteiger partial charge in [-0.05, 0) is 12.0 Å². The first-order valence-corrected chi connectivity index (χ1v) is 4.19. The molecule has 0 saturated heterocycles. The second kappa shape index (κ2) is 7.16. The fraction of sp³-hybridized carbons (Fsp3) is 0.300. The number of carboxylic acid groups (broad SMARTS) is 1. The number of carbonyl (C=O) groups is 1. The van der Waals surface area contributed by atoms with E-state index >= 15 is 0 Å². The van der Waals surface area contributed by atoms with Crippen molar-refractivity contribution in [3.8, 4) is 0 Å². The molecule has 1 rings (SSSR count). The van der Waals surface area contributed by atoms with Crippen LogP contribution in [0.15, 0.2) is 30.3 Å². The molecule has 3 N–H and O–H groups in total. The number of rotatable bonds is 2. The van der Waals surface area contributed by atoms with Gasteiger partial charge in [0.2, 0.25) is 0 Å². The normalized spacial score (nSPS) is 8.38.